The van der Waals surface area contributed by atoms with Crippen molar-refractivity contribution in [2.45, 2.75) is 18.2 Å². The van der Waals surface area contributed by atoms with Gasteiger partial charge in [0.05, 0.1) is 24.5 Å². The van der Waals surface area contributed by atoms with Gasteiger partial charge in [0.2, 0.25) is 0 Å². The number of hydrogen-bond donors (Lipinski definition) is 1. The van der Waals surface area contributed by atoms with Crippen LogP contribution in [0.1, 0.15) is 18.9 Å². The van der Waals surface area contributed by atoms with E-state index in [9.17, 15) is 13.2 Å². The van der Waals surface area contributed by atoms with Crippen LogP contribution in [0.15, 0.2) is 34.2 Å². The van der Waals surface area contributed by atoms with Crippen molar-refractivity contribution in [3.8, 4) is 0 Å². The zero-order valence-electron chi connectivity index (χ0n) is 12.2. The van der Waals surface area contributed by atoms with E-state index in [-0.39, 0.29) is 30.3 Å². The molecule has 1 aliphatic rings. The summed E-state index contributed by atoms with van der Waals surface area (Å²) in [4.78, 5) is 15.8. The van der Waals surface area contributed by atoms with Gasteiger partial charge in [0.15, 0.2) is 0 Å². The molecule has 2 rings (SSSR count). The van der Waals surface area contributed by atoms with Crippen molar-refractivity contribution in [2.24, 2.45) is 4.99 Å². The third-order valence-electron chi connectivity index (χ3n) is 2.94. The quantitative estimate of drug-likeness (QED) is 0.588. The smallest absolute Gasteiger partial charge is 0.307 e. The lowest BCUT2D eigenvalue weighted by atomic mass is 10.2. The Hall–Kier alpha value is -1.93. The van der Waals surface area contributed by atoms with Gasteiger partial charge in [-0.3, -0.25) is 14.5 Å². The summed E-state index contributed by atoms with van der Waals surface area (Å²) in [6, 6.07) is 6.57. The third kappa shape index (κ3) is 4.05. The monoisotopic (exact) mass is 326 g/mol. The van der Waals surface area contributed by atoms with E-state index in [0.29, 0.717) is 18.8 Å². The minimum atomic E-state index is -3.54. The van der Waals surface area contributed by atoms with Gasteiger partial charge in [0.25, 0.3) is 10.0 Å². The molecule has 22 heavy (non-hydrogen) atoms. The van der Waals surface area contributed by atoms with Crippen LogP contribution < -0.4 is 4.72 Å². The van der Waals surface area contributed by atoms with Crippen LogP contribution in [0.4, 0.5) is 0 Å². The number of fused-ring (bicyclic) bond motifs is 1. The first kappa shape index (κ1) is 16.4. The third-order valence-corrected chi connectivity index (χ3v) is 4.34. The van der Waals surface area contributed by atoms with E-state index in [4.69, 9.17) is 9.47 Å². The number of aliphatic imine (C=N–C) groups is 1. The Morgan fingerprint density at radius 3 is 2.82 bits per heavy atom. The summed E-state index contributed by atoms with van der Waals surface area (Å²) in [6.07, 6.45) is 0.0829. The topological polar surface area (TPSA) is 94.1 Å². The number of nitrogens with one attached hydrogen (secondary N) is 1. The van der Waals surface area contributed by atoms with Crippen molar-refractivity contribution in [3.05, 3.63) is 29.8 Å². The number of ether oxygens (including phenoxy) is 2. The summed E-state index contributed by atoms with van der Waals surface area (Å²) in [6.45, 7) is 3.16. The number of esters is 1. The molecule has 0 amide bonds. The van der Waals surface area contributed by atoms with E-state index in [1.807, 2.05) is 6.92 Å². The number of sulfonamides is 1. The van der Waals surface area contributed by atoms with E-state index in [1.165, 1.54) is 6.07 Å². The predicted molar refractivity (Wildman–Crippen MR) is 80.2 cm³/mol. The van der Waals surface area contributed by atoms with E-state index in [2.05, 4.69) is 9.71 Å². The van der Waals surface area contributed by atoms with E-state index in [0.717, 1.165) is 0 Å². The fourth-order valence-electron chi connectivity index (χ4n) is 1.94. The maximum Gasteiger partial charge on any atom is 0.307 e. The largest absolute Gasteiger partial charge is 0.463 e. The maximum absolute atomic E-state index is 11.9. The van der Waals surface area contributed by atoms with E-state index >= 15 is 0 Å². The highest BCUT2D eigenvalue weighted by atomic mass is 32.2. The Balaban J connectivity index is 1.89. The molecule has 1 aromatic rings. The van der Waals surface area contributed by atoms with Crippen LogP contribution in [0.25, 0.3) is 0 Å². The van der Waals surface area contributed by atoms with Crippen molar-refractivity contribution in [3.63, 3.8) is 0 Å². The normalized spacial score (nSPS) is 17.0. The molecule has 0 radical (unpaired) electrons. The van der Waals surface area contributed by atoms with Crippen LogP contribution >= 0.6 is 0 Å². The lowest BCUT2D eigenvalue weighted by Gasteiger charge is -2.04. The summed E-state index contributed by atoms with van der Waals surface area (Å²) in [5.41, 5.74) is 0.521. The van der Waals surface area contributed by atoms with Gasteiger partial charge < -0.3 is 9.47 Å². The molecule has 0 atom stereocenters. The molecule has 0 bridgehead atoms. The molecule has 0 saturated carbocycles. The number of rotatable bonds is 7. The van der Waals surface area contributed by atoms with Crippen molar-refractivity contribution in [1.82, 2.24) is 4.72 Å². The van der Waals surface area contributed by atoms with Crippen LogP contribution in [0.3, 0.4) is 0 Å². The van der Waals surface area contributed by atoms with Crippen molar-refractivity contribution in [2.75, 3.05) is 26.4 Å². The second kappa shape index (κ2) is 7.37. The Morgan fingerprint density at radius 2 is 2.05 bits per heavy atom. The molecule has 1 heterocycles. The predicted octanol–water partition coefficient (Wildman–Crippen LogP) is 0.695. The Bertz CT molecular complexity index is 670. The average molecular weight is 326 g/mol. The SMILES string of the molecule is CCOCCOC(=O)CCN=C1NS(=O)(=O)c2ccccc21. The number of carbonyl (C=O) groups is 1. The van der Waals surface area contributed by atoms with Crippen LogP contribution in [0, 0.1) is 0 Å². The number of amidine groups is 1. The van der Waals surface area contributed by atoms with Crippen LogP contribution in [0.5, 0.6) is 0 Å². The molecule has 1 aromatic carbocycles. The minimum absolute atomic E-state index is 0.0829. The molecule has 0 fully saturated rings. The second-order valence-electron chi connectivity index (χ2n) is 4.50. The fourth-order valence-corrected chi connectivity index (χ4v) is 3.19. The van der Waals surface area contributed by atoms with Crippen molar-refractivity contribution in [1.29, 1.82) is 0 Å². The molecule has 0 saturated heterocycles. The molecule has 0 aliphatic carbocycles. The first-order valence-corrected chi connectivity index (χ1v) is 8.43. The number of nitrogens with zero attached hydrogens (tertiary/aromatic N) is 1. The first-order valence-electron chi connectivity index (χ1n) is 6.94. The zero-order chi connectivity index (χ0) is 16.0. The Morgan fingerprint density at radius 1 is 1.27 bits per heavy atom. The summed E-state index contributed by atoms with van der Waals surface area (Å²) >= 11 is 0. The van der Waals surface area contributed by atoms with E-state index in [1.54, 1.807) is 18.2 Å². The van der Waals surface area contributed by atoms with Crippen LogP contribution in [0.2, 0.25) is 0 Å². The molecule has 1 N–H and O–H groups in total. The second-order valence-corrected chi connectivity index (χ2v) is 6.15. The van der Waals surface area contributed by atoms with Gasteiger partial charge in [-0.2, -0.15) is 0 Å². The fraction of sp³-hybridized carbons (Fsp3) is 0.429. The Kier molecular flexibility index (Phi) is 5.51. The standard InChI is InChI=1S/C14H18N2O5S/c1-2-20-9-10-21-13(17)7-8-15-14-11-5-3-4-6-12(11)22(18,19)16-14/h3-6H,2,7-10H2,1H3,(H,15,16). The van der Waals surface area contributed by atoms with Crippen molar-refractivity contribution < 1.29 is 22.7 Å². The lowest BCUT2D eigenvalue weighted by Crippen LogP contribution is -2.22. The number of hydrogen-bond acceptors (Lipinski definition) is 6. The van der Waals surface area contributed by atoms with Gasteiger partial charge in [-0.25, -0.2) is 8.42 Å². The molecule has 120 valence electrons. The molecule has 7 nitrogen and oxygen atoms in total. The van der Waals surface area contributed by atoms with Crippen molar-refractivity contribution >= 4 is 21.8 Å². The van der Waals surface area contributed by atoms with Crippen LogP contribution in [-0.4, -0.2) is 46.6 Å². The molecule has 0 aromatic heterocycles. The lowest BCUT2D eigenvalue weighted by molar-refractivity contribution is -0.144. The molecule has 0 unspecified atom stereocenters. The van der Waals surface area contributed by atoms with Gasteiger partial charge in [0.1, 0.15) is 12.4 Å². The highest BCUT2D eigenvalue weighted by Crippen LogP contribution is 2.22. The number of carbonyl (C=O) groups excluding carboxylic acids is 1. The zero-order valence-corrected chi connectivity index (χ0v) is 13.1. The first-order chi connectivity index (χ1) is 10.5. The van der Waals surface area contributed by atoms with Crippen LogP contribution in [-0.2, 0) is 24.3 Å². The summed E-state index contributed by atoms with van der Waals surface area (Å²) in [5.74, 6) is -0.129. The van der Waals surface area contributed by atoms with Gasteiger partial charge in [-0.15, -0.1) is 0 Å². The minimum Gasteiger partial charge on any atom is -0.463 e. The highest BCUT2D eigenvalue weighted by molar-refractivity contribution is 7.90. The average Bonchev–Trinajstić information content (AvgIpc) is 2.76. The highest BCUT2D eigenvalue weighted by Gasteiger charge is 2.29. The van der Waals surface area contributed by atoms with E-state index < -0.39 is 16.0 Å². The van der Waals surface area contributed by atoms with Gasteiger partial charge in [-0.1, -0.05) is 12.1 Å². The van der Waals surface area contributed by atoms with Gasteiger partial charge in [0, 0.05) is 12.2 Å². The molecular weight excluding hydrogens is 308 g/mol. The summed E-state index contributed by atoms with van der Waals surface area (Å²) in [5, 5.41) is 0. The summed E-state index contributed by atoms with van der Waals surface area (Å²) in [7, 11) is -3.54. The Labute approximate surface area is 129 Å². The molecular formula is C14H18N2O5S. The van der Waals surface area contributed by atoms with Gasteiger partial charge in [-0.05, 0) is 19.1 Å². The van der Waals surface area contributed by atoms with Gasteiger partial charge >= 0.3 is 5.97 Å². The molecule has 1 aliphatic heterocycles. The summed E-state index contributed by atoms with van der Waals surface area (Å²) < 4.78 is 36.1. The maximum atomic E-state index is 11.9. The molecule has 8 heteroatoms. The number of benzene rings is 1. The molecule has 0 spiro atoms.